The number of fused-ring (bicyclic) bond motifs is 1. The van der Waals surface area contributed by atoms with Gasteiger partial charge >= 0.3 is 5.69 Å². The van der Waals surface area contributed by atoms with Crippen molar-refractivity contribution in [2.75, 3.05) is 52.4 Å². The lowest BCUT2D eigenvalue weighted by atomic mass is 9.95. The van der Waals surface area contributed by atoms with Crippen LogP contribution in [0.4, 0.5) is 10.1 Å². The van der Waals surface area contributed by atoms with E-state index in [9.17, 15) is 4.79 Å². The van der Waals surface area contributed by atoms with Gasteiger partial charge in [0.05, 0.1) is 42.4 Å². The highest BCUT2D eigenvalue weighted by atomic mass is 19.1. The largest absolute Gasteiger partial charge is 0.489 e. The number of hydrogen-bond acceptors (Lipinski definition) is 5. The lowest BCUT2D eigenvalue weighted by molar-refractivity contribution is -0.119. The Balaban J connectivity index is 1.76. The molecule has 0 radical (unpaired) electrons. The van der Waals surface area contributed by atoms with Gasteiger partial charge in [0.25, 0.3) is 0 Å². The van der Waals surface area contributed by atoms with E-state index in [1.165, 1.54) is 6.07 Å². The summed E-state index contributed by atoms with van der Waals surface area (Å²) in [6.07, 6.45) is 0.627. The highest BCUT2D eigenvalue weighted by Gasteiger charge is 2.49. The summed E-state index contributed by atoms with van der Waals surface area (Å²) >= 11 is 0. The third kappa shape index (κ3) is 2.55. The van der Waals surface area contributed by atoms with Crippen LogP contribution in [0.15, 0.2) is 10.9 Å². The number of nitrogens with zero attached hydrogens (tertiary/aromatic N) is 4. The van der Waals surface area contributed by atoms with E-state index in [0.717, 1.165) is 23.5 Å². The Hall–Kier alpha value is -2.76. The molecule has 0 amide bonds. The van der Waals surface area contributed by atoms with Gasteiger partial charge in [-0.1, -0.05) is 11.8 Å². The minimum absolute atomic E-state index is 0.0936. The van der Waals surface area contributed by atoms with Crippen LogP contribution in [0.2, 0.25) is 0 Å². The Morgan fingerprint density at radius 2 is 2.03 bits per heavy atom. The molecule has 0 N–H and O–H groups in total. The van der Waals surface area contributed by atoms with Crippen LogP contribution in [0.1, 0.15) is 17.7 Å². The maximum atomic E-state index is 15.2. The predicted molar refractivity (Wildman–Crippen MR) is 112 cm³/mol. The lowest BCUT2D eigenvalue weighted by Gasteiger charge is -2.41. The maximum absolute atomic E-state index is 15.2. The molecule has 4 heterocycles. The average molecular weight is 412 g/mol. The molecule has 158 valence electrons. The standard InChI is InChI=1S/C22H25FN4O3/c1-24(2)8-6-5-7-14-15(23)9-16-18-19-17(10-25(16)3)26(4)21(28)27(19)22(11-29-12-22)13-30-20(14)18/h9H,6,8,10-13H2,1-4H3. The van der Waals surface area contributed by atoms with Crippen molar-refractivity contribution >= 4 is 5.69 Å². The van der Waals surface area contributed by atoms with E-state index in [0.29, 0.717) is 37.6 Å². The molecule has 2 aromatic rings. The molecule has 1 saturated heterocycles. The van der Waals surface area contributed by atoms with Crippen molar-refractivity contribution in [3.05, 3.63) is 33.6 Å². The summed E-state index contributed by atoms with van der Waals surface area (Å²) < 4.78 is 30.4. The molecule has 7 nitrogen and oxygen atoms in total. The van der Waals surface area contributed by atoms with Gasteiger partial charge in [-0.25, -0.2) is 9.18 Å². The summed E-state index contributed by atoms with van der Waals surface area (Å²) in [5.74, 6) is 6.11. The molecule has 1 aromatic carbocycles. The SMILES string of the molecule is CN(C)CCC#Cc1c(F)cc2c3c1OCC1(COC1)n1c-3c(n(C)c1=O)CN2C. The van der Waals surface area contributed by atoms with E-state index in [2.05, 4.69) is 11.8 Å². The van der Waals surface area contributed by atoms with Crippen molar-refractivity contribution in [3.63, 3.8) is 0 Å². The summed E-state index contributed by atoms with van der Waals surface area (Å²) in [6, 6.07) is 1.51. The zero-order valence-electron chi connectivity index (χ0n) is 17.7. The van der Waals surface area contributed by atoms with Crippen molar-refractivity contribution in [2.24, 2.45) is 7.05 Å². The molecule has 3 aliphatic rings. The van der Waals surface area contributed by atoms with E-state index in [1.807, 2.05) is 35.5 Å². The summed E-state index contributed by atoms with van der Waals surface area (Å²) in [5.41, 5.74) is 2.76. The monoisotopic (exact) mass is 412 g/mol. The fourth-order valence-corrected chi connectivity index (χ4v) is 4.49. The second-order valence-corrected chi connectivity index (χ2v) is 8.65. The highest BCUT2D eigenvalue weighted by molar-refractivity contribution is 5.89. The van der Waals surface area contributed by atoms with Crippen LogP contribution < -0.4 is 15.3 Å². The van der Waals surface area contributed by atoms with Gasteiger partial charge in [0.15, 0.2) is 0 Å². The summed E-state index contributed by atoms with van der Waals surface area (Å²) in [4.78, 5) is 17.2. The van der Waals surface area contributed by atoms with Gasteiger partial charge in [-0.15, -0.1) is 0 Å². The average Bonchev–Trinajstić information content (AvgIpc) is 2.83. The van der Waals surface area contributed by atoms with Gasteiger partial charge in [-0.2, -0.15) is 0 Å². The number of imidazole rings is 1. The molecular weight excluding hydrogens is 387 g/mol. The zero-order valence-corrected chi connectivity index (χ0v) is 17.7. The van der Waals surface area contributed by atoms with Crippen LogP contribution in [-0.4, -0.2) is 61.5 Å². The van der Waals surface area contributed by atoms with Gasteiger partial charge < -0.3 is 19.3 Å². The van der Waals surface area contributed by atoms with E-state index in [4.69, 9.17) is 9.47 Å². The quantitative estimate of drug-likeness (QED) is 0.698. The molecule has 8 heteroatoms. The van der Waals surface area contributed by atoms with E-state index in [-0.39, 0.29) is 17.9 Å². The van der Waals surface area contributed by atoms with Crippen molar-refractivity contribution in [2.45, 2.75) is 18.5 Å². The van der Waals surface area contributed by atoms with E-state index in [1.54, 1.807) is 11.6 Å². The molecule has 3 aliphatic heterocycles. The Morgan fingerprint density at radius 3 is 2.70 bits per heavy atom. The molecule has 1 spiro atoms. The third-order valence-electron chi connectivity index (χ3n) is 6.23. The van der Waals surface area contributed by atoms with Crippen LogP contribution in [-0.2, 0) is 23.9 Å². The Bertz CT molecular complexity index is 1160. The predicted octanol–water partition coefficient (Wildman–Crippen LogP) is 1.36. The molecule has 0 atom stereocenters. The number of halogens is 1. The Morgan fingerprint density at radius 1 is 1.27 bits per heavy atom. The fraction of sp³-hybridized carbons (Fsp3) is 0.500. The van der Waals surface area contributed by atoms with Gasteiger partial charge in [0, 0.05) is 27.1 Å². The fourth-order valence-electron chi connectivity index (χ4n) is 4.49. The van der Waals surface area contributed by atoms with Crippen molar-refractivity contribution < 1.29 is 13.9 Å². The second kappa shape index (κ2) is 6.62. The van der Waals surface area contributed by atoms with Crippen LogP contribution >= 0.6 is 0 Å². The molecular formula is C22H25FN4O3. The molecule has 1 fully saturated rings. The Labute approximate surface area is 174 Å². The van der Waals surface area contributed by atoms with Gasteiger partial charge in [-0.05, 0) is 20.2 Å². The molecule has 30 heavy (non-hydrogen) atoms. The topological polar surface area (TPSA) is 51.9 Å². The summed E-state index contributed by atoms with van der Waals surface area (Å²) in [7, 11) is 7.64. The molecule has 0 bridgehead atoms. The number of hydrogen-bond donors (Lipinski definition) is 0. The van der Waals surface area contributed by atoms with Crippen LogP contribution in [0.25, 0.3) is 11.3 Å². The number of anilines is 1. The Kier molecular flexibility index (Phi) is 4.24. The van der Waals surface area contributed by atoms with Crippen LogP contribution in [0.3, 0.4) is 0 Å². The lowest BCUT2D eigenvalue weighted by Crippen LogP contribution is -2.58. The highest BCUT2D eigenvalue weighted by Crippen LogP contribution is 2.50. The van der Waals surface area contributed by atoms with Gasteiger partial charge in [0.2, 0.25) is 0 Å². The van der Waals surface area contributed by atoms with Crippen LogP contribution in [0, 0.1) is 17.7 Å². The smallest absolute Gasteiger partial charge is 0.329 e. The number of benzene rings is 1. The van der Waals surface area contributed by atoms with E-state index >= 15 is 4.39 Å². The zero-order chi connectivity index (χ0) is 21.2. The first-order valence-electron chi connectivity index (χ1n) is 10.1. The molecule has 0 unspecified atom stereocenters. The molecule has 0 aliphatic carbocycles. The first-order chi connectivity index (χ1) is 14.3. The van der Waals surface area contributed by atoms with Crippen molar-refractivity contribution in [1.82, 2.24) is 14.0 Å². The molecule has 1 aromatic heterocycles. The number of aromatic nitrogens is 2. The van der Waals surface area contributed by atoms with Crippen LogP contribution in [0.5, 0.6) is 5.75 Å². The van der Waals surface area contributed by atoms with Gasteiger partial charge in [-0.3, -0.25) is 9.13 Å². The number of rotatable bonds is 2. The number of ether oxygens (including phenoxy) is 2. The minimum Gasteiger partial charge on any atom is -0.489 e. The van der Waals surface area contributed by atoms with Crippen molar-refractivity contribution in [3.8, 4) is 28.8 Å². The summed E-state index contributed by atoms with van der Waals surface area (Å²) in [5, 5.41) is 0. The van der Waals surface area contributed by atoms with E-state index < -0.39 is 11.4 Å². The third-order valence-corrected chi connectivity index (χ3v) is 6.23. The van der Waals surface area contributed by atoms with Gasteiger partial charge in [0.1, 0.15) is 29.3 Å². The normalized spacial score (nSPS) is 17.7. The molecule has 5 rings (SSSR count). The second-order valence-electron chi connectivity index (χ2n) is 8.65. The van der Waals surface area contributed by atoms with Crippen molar-refractivity contribution in [1.29, 1.82) is 0 Å². The minimum atomic E-state index is -0.569. The first kappa shape index (κ1) is 19.2. The molecule has 0 saturated carbocycles. The first-order valence-corrected chi connectivity index (χ1v) is 10.1. The maximum Gasteiger partial charge on any atom is 0.329 e. The summed E-state index contributed by atoms with van der Waals surface area (Å²) in [6.45, 7) is 2.35.